The van der Waals surface area contributed by atoms with Gasteiger partial charge in [0.25, 0.3) is 5.91 Å². The van der Waals surface area contributed by atoms with Gasteiger partial charge in [0.1, 0.15) is 5.82 Å². The van der Waals surface area contributed by atoms with Crippen LogP contribution >= 0.6 is 11.6 Å². The summed E-state index contributed by atoms with van der Waals surface area (Å²) < 4.78 is 18.6. The summed E-state index contributed by atoms with van der Waals surface area (Å²) in [6.07, 6.45) is 3.62. The molecule has 0 bridgehead atoms. The number of rotatable bonds is 5. The lowest BCUT2D eigenvalue weighted by Gasteiger charge is -2.10. The summed E-state index contributed by atoms with van der Waals surface area (Å²) in [5, 5.41) is 6.83. The Morgan fingerprint density at radius 3 is 2.69 bits per heavy atom. The zero-order chi connectivity index (χ0) is 20.2. The number of hydrogen-bond donors (Lipinski definition) is 1. The maximum atomic E-state index is 13.2. The fourth-order valence-corrected chi connectivity index (χ4v) is 3.02. The summed E-state index contributed by atoms with van der Waals surface area (Å²) in [7, 11) is 0. The molecule has 29 heavy (non-hydrogen) atoms. The molecule has 0 aliphatic heterocycles. The van der Waals surface area contributed by atoms with Gasteiger partial charge in [-0.1, -0.05) is 35.0 Å². The van der Waals surface area contributed by atoms with Crippen LogP contribution in [0.2, 0.25) is 5.02 Å². The first kappa shape index (κ1) is 18.8. The van der Waals surface area contributed by atoms with E-state index in [9.17, 15) is 9.18 Å². The smallest absolute Gasteiger partial charge is 0.257 e. The topological polar surface area (TPSA) is 80.9 Å². The van der Waals surface area contributed by atoms with Crippen molar-refractivity contribution in [3.8, 4) is 11.4 Å². The monoisotopic (exact) mass is 408 g/mol. The average Bonchev–Trinajstić information content (AvgIpc) is 3.18. The maximum absolute atomic E-state index is 13.2. The second kappa shape index (κ2) is 8.20. The lowest BCUT2D eigenvalue weighted by molar-refractivity contribution is 0.102. The van der Waals surface area contributed by atoms with Gasteiger partial charge in [-0.15, -0.1) is 0 Å². The highest BCUT2D eigenvalue weighted by Crippen LogP contribution is 2.23. The lowest BCUT2D eigenvalue weighted by atomic mass is 10.1. The van der Waals surface area contributed by atoms with E-state index in [1.165, 1.54) is 12.1 Å². The Kier molecular flexibility index (Phi) is 5.31. The quantitative estimate of drug-likeness (QED) is 0.514. The van der Waals surface area contributed by atoms with Gasteiger partial charge in [-0.25, -0.2) is 4.39 Å². The van der Waals surface area contributed by atoms with Crippen LogP contribution in [0.25, 0.3) is 11.4 Å². The average molecular weight is 409 g/mol. The van der Waals surface area contributed by atoms with Gasteiger partial charge in [0.2, 0.25) is 11.7 Å². The van der Waals surface area contributed by atoms with E-state index in [0.717, 1.165) is 17.2 Å². The fraction of sp³-hybridized carbons (Fsp3) is 0.0476. The van der Waals surface area contributed by atoms with Gasteiger partial charge in [-0.05, 0) is 42.0 Å². The van der Waals surface area contributed by atoms with E-state index in [0.29, 0.717) is 23.8 Å². The number of benzene rings is 2. The van der Waals surface area contributed by atoms with Crippen molar-refractivity contribution in [3.05, 3.63) is 94.8 Å². The van der Waals surface area contributed by atoms with E-state index in [-0.39, 0.29) is 10.6 Å². The second-order valence-electron chi connectivity index (χ2n) is 6.16. The van der Waals surface area contributed by atoms with Gasteiger partial charge < -0.3 is 9.84 Å². The summed E-state index contributed by atoms with van der Waals surface area (Å²) in [5.74, 6) is -0.0841. The van der Waals surface area contributed by atoms with Crippen molar-refractivity contribution in [1.29, 1.82) is 0 Å². The minimum Gasteiger partial charge on any atom is -0.339 e. The molecule has 2 heterocycles. The van der Waals surface area contributed by atoms with Crippen molar-refractivity contribution < 1.29 is 13.7 Å². The summed E-state index contributed by atoms with van der Waals surface area (Å²) >= 11 is 5.98. The lowest BCUT2D eigenvalue weighted by Crippen LogP contribution is -2.14. The highest BCUT2D eigenvalue weighted by Gasteiger charge is 2.15. The molecule has 0 saturated heterocycles. The predicted molar refractivity (Wildman–Crippen MR) is 106 cm³/mol. The number of aromatic nitrogens is 3. The summed E-state index contributed by atoms with van der Waals surface area (Å²) in [5.41, 5.74) is 2.33. The van der Waals surface area contributed by atoms with E-state index in [2.05, 4.69) is 20.4 Å². The molecule has 2 aromatic heterocycles. The van der Waals surface area contributed by atoms with Crippen LogP contribution in [0.5, 0.6) is 0 Å². The SMILES string of the molecule is O=C(Nc1ccccc1Cc1nc(-c2ccncc2)no1)c1ccc(F)cc1Cl. The number of halogens is 2. The summed E-state index contributed by atoms with van der Waals surface area (Å²) in [4.78, 5) is 20.9. The first-order chi connectivity index (χ1) is 14.1. The Morgan fingerprint density at radius 2 is 1.90 bits per heavy atom. The van der Waals surface area contributed by atoms with Gasteiger partial charge in [0.15, 0.2) is 0 Å². The third-order valence-electron chi connectivity index (χ3n) is 4.19. The molecule has 0 aliphatic carbocycles. The van der Waals surface area contributed by atoms with Crippen molar-refractivity contribution >= 4 is 23.2 Å². The number of carbonyl (C=O) groups excluding carboxylic acids is 1. The predicted octanol–water partition coefficient (Wildman–Crippen LogP) is 4.77. The molecule has 1 N–H and O–H groups in total. The molecule has 0 fully saturated rings. The number of hydrogen-bond acceptors (Lipinski definition) is 5. The van der Waals surface area contributed by atoms with Gasteiger partial charge in [0, 0.05) is 23.6 Å². The molecule has 0 saturated carbocycles. The van der Waals surface area contributed by atoms with Crippen molar-refractivity contribution in [2.45, 2.75) is 6.42 Å². The van der Waals surface area contributed by atoms with E-state index in [1.54, 1.807) is 36.7 Å². The Hall–Kier alpha value is -3.58. The molecular formula is C21H14ClFN4O2. The number of carbonyl (C=O) groups is 1. The van der Waals surface area contributed by atoms with Crippen LogP contribution in [-0.2, 0) is 6.42 Å². The van der Waals surface area contributed by atoms with E-state index in [4.69, 9.17) is 16.1 Å². The minimum absolute atomic E-state index is 0.0406. The number of anilines is 1. The molecule has 144 valence electrons. The van der Waals surface area contributed by atoms with Gasteiger partial charge in [-0.2, -0.15) is 4.98 Å². The Bertz CT molecular complexity index is 1160. The summed E-state index contributed by atoms with van der Waals surface area (Å²) in [6, 6.07) is 14.4. The molecule has 4 rings (SSSR count). The fourth-order valence-electron chi connectivity index (χ4n) is 2.77. The molecular weight excluding hydrogens is 395 g/mol. The zero-order valence-corrected chi connectivity index (χ0v) is 15.7. The largest absolute Gasteiger partial charge is 0.339 e. The third kappa shape index (κ3) is 4.30. The number of para-hydroxylation sites is 1. The Morgan fingerprint density at radius 1 is 1.10 bits per heavy atom. The number of pyridine rings is 1. The molecule has 0 unspecified atom stereocenters. The molecule has 0 atom stereocenters. The first-order valence-corrected chi connectivity index (χ1v) is 9.05. The van der Waals surface area contributed by atoms with E-state index in [1.807, 2.05) is 12.1 Å². The molecule has 8 heteroatoms. The molecule has 6 nitrogen and oxygen atoms in total. The number of nitrogens with one attached hydrogen (secondary N) is 1. The van der Waals surface area contributed by atoms with Gasteiger partial charge in [-0.3, -0.25) is 9.78 Å². The molecule has 0 spiro atoms. The Balaban J connectivity index is 1.54. The van der Waals surface area contributed by atoms with Crippen molar-refractivity contribution in [2.24, 2.45) is 0 Å². The Labute approximate surface area is 170 Å². The molecule has 2 aromatic carbocycles. The van der Waals surface area contributed by atoms with Crippen LogP contribution in [-0.4, -0.2) is 21.0 Å². The number of nitrogens with zero attached hydrogens (tertiary/aromatic N) is 3. The highest BCUT2D eigenvalue weighted by atomic mass is 35.5. The van der Waals surface area contributed by atoms with Gasteiger partial charge >= 0.3 is 0 Å². The van der Waals surface area contributed by atoms with E-state index >= 15 is 0 Å². The van der Waals surface area contributed by atoms with Crippen molar-refractivity contribution in [1.82, 2.24) is 15.1 Å². The molecule has 4 aromatic rings. The van der Waals surface area contributed by atoms with Crippen LogP contribution < -0.4 is 5.32 Å². The van der Waals surface area contributed by atoms with Crippen molar-refractivity contribution in [3.63, 3.8) is 0 Å². The summed E-state index contributed by atoms with van der Waals surface area (Å²) in [6.45, 7) is 0. The molecule has 0 radical (unpaired) electrons. The molecule has 0 aliphatic rings. The zero-order valence-electron chi connectivity index (χ0n) is 15.0. The third-order valence-corrected chi connectivity index (χ3v) is 4.50. The van der Waals surface area contributed by atoms with Crippen LogP contribution in [0.4, 0.5) is 10.1 Å². The van der Waals surface area contributed by atoms with Crippen LogP contribution in [0, 0.1) is 5.82 Å². The normalized spacial score (nSPS) is 10.7. The van der Waals surface area contributed by atoms with Crippen LogP contribution in [0.3, 0.4) is 0 Å². The van der Waals surface area contributed by atoms with Crippen molar-refractivity contribution in [2.75, 3.05) is 5.32 Å². The van der Waals surface area contributed by atoms with Crippen LogP contribution in [0.15, 0.2) is 71.5 Å². The molecule has 1 amide bonds. The minimum atomic E-state index is -0.506. The van der Waals surface area contributed by atoms with Gasteiger partial charge in [0.05, 0.1) is 17.0 Å². The van der Waals surface area contributed by atoms with E-state index < -0.39 is 11.7 Å². The maximum Gasteiger partial charge on any atom is 0.257 e. The highest BCUT2D eigenvalue weighted by molar-refractivity contribution is 6.34. The second-order valence-corrected chi connectivity index (χ2v) is 6.57. The first-order valence-electron chi connectivity index (χ1n) is 8.67. The number of amides is 1. The van der Waals surface area contributed by atoms with Crippen LogP contribution in [0.1, 0.15) is 21.8 Å². The standard InChI is InChI=1S/C21H14ClFN4O2/c22-17-12-15(23)5-6-16(17)21(28)25-18-4-2-1-3-14(18)11-19-26-20(27-29-19)13-7-9-24-10-8-13/h1-10,12H,11H2,(H,25,28).